The molecule has 2 fully saturated rings. The summed E-state index contributed by atoms with van der Waals surface area (Å²) < 4.78 is 5.52. The van der Waals surface area contributed by atoms with Gasteiger partial charge in [-0.3, -0.25) is 9.59 Å². The van der Waals surface area contributed by atoms with Gasteiger partial charge in [-0.1, -0.05) is 36.4 Å². The first-order chi connectivity index (χ1) is 13.7. The average molecular weight is 378 g/mol. The summed E-state index contributed by atoms with van der Waals surface area (Å²) in [6, 6.07) is 17.2. The van der Waals surface area contributed by atoms with E-state index in [0.717, 1.165) is 31.5 Å². The van der Waals surface area contributed by atoms with Crippen LogP contribution >= 0.6 is 0 Å². The van der Waals surface area contributed by atoms with Crippen LogP contribution in [0.4, 0.5) is 5.69 Å². The highest BCUT2D eigenvalue weighted by Gasteiger charge is 2.41. The van der Waals surface area contributed by atoms with E-state index < -0.39 is 5.41 Å². The van der Waals surface area contributed by atoms with E-state index in [9.17, 15) is 9.59 Å². The molecule has 0 spiro atoms. The summed E-state index contributed by atoms with van der Waals surface area (Å²) in [7, 11) is 0. The van der Waals surface area contributed by atoms with Crippen LogP contribution in [-0.4, -0.2) is 43.0 Å². The second-order valence-electron chi connectivity index (χ2n) is 7.59. The van der Waals surface area contributed by atoms with Gasteiger partial charge in [0.1, 0.15) is 0 Å². The van der Waals surface area contributed by atoms with Crippen LogP contribution in [0.1, 0.15) is 41.6 Å². The number of rotatable bonds is 4. The molecule has 2 heterocycles. The summed E-state index contributed by atoms with van der Waals surface area (Å²) in [4.78, 5) is 27.9. The minimum absolute atomic E-state index is 0.0345. The number of carbonyl (C=O) groups is 2. The zero-order valence-corrected chi connectivity index (χ0v) is 16.0. The van der Waals surface area contributed by atoms with Crippen LogP contribution in [0, 0.1) is 0 Å². The maximum atomic E-state index is 13.4. The number of amides is 2. The van der Waals surface area contributed by atoms with Gasteiger partial charge in [-0.15, -0.1) is 0 Å². The number of ether oxygens (including phenoxy) is 1. The summed E-state index contributed by atoms with van der Waals surface area (Å²) in [5, 5.41) is 3.07. The molecule has 2 aromatic carbocycles. The van der Waals surface area contributed by atoms with Crippen LogP contribution in [0.25, 0.3) is 0 Å². The fourth-order valence-electron chi connectivity index (χ4n) is 4.21. The van der Waals surface area contributed by atoms with Gasteiger partial charge >= 0.3 is 0 Å². The number of nitrogens with zero attached hydrogens (tertiary/aromatic N) is 1. The Bertz CT molecular complexity index is 838. The molecule has 0 atom stereocenters. The molecule has 0 radical (unpaired) electrons. The molecule has 0 aromatic heterocycles. The smallest absolute Gasteiger partial charge is 0.253 e. The molecule has 0 saturated carbocycles. The SMILES string of the molecule is O=C(c1cccc(NC(=O)C2(c3ccccc3)CCOCC2)c1)N1CCCC1. The molecular formula is C23H26N2O3. The van der Waals surface area contributed by atoms with Crippen LogP contribution in [0.15, 0.2) is 54.6 Å². The predicted molar refractivity (Wildman–Crippen MR) is 108 cm³/mol. The topological polar surface area (TPSA) is 58.6 Å². The Hall–Kier alpha value is -2.66. The largest absolute Gasteiger partial charge is 0.381 e. The highest BCUT2D eigenvalue weighted by atomic mass is 16.5. The van der Waals surface area contributed by atoms with Gasteiger partial charge in [0.2, 0.25) is 5.91 Å². The van der Waals surface area contributed by atoms with E-state index in [2.05, 4.69) is 5.32 Å². The fourth-order valence-corrected chi connectivity index (χ4v) is 4.21. The summed E-state index contributed by atoms with van der Waals surface area (Å²) >= 11 is 0. The monoisotopic (exact) mass is 378 g/mol. The Morgan fingerprint density at radius 3 is 2.36 bits per heavy atom. The Labute approximate surface area is 165 Å². The molecule has 0 aliphatic carbocycles. The van der Waals surface area contributed by atoms with E-state index in [1.165, 1.54) is 0 Å². The third-order valence-corrected chi connectivity index (χ3v) is 5.87. The molecule has 1 N–H and O–H groups in total. The van der Waals surface area contributed by atoms with Crippen molar-refractivity contribution in [2.24, 2.45) is 0 Å². The minimum Gasteiger partial charge on any atom is -0.381 e. The van der Waals surface area contributed by atoms with Crippen LogP contribution in [0.5, 0.6) is 0 Å². The lowest BCUT2D eigenvalue weighted by Crippen LogP contribution is -2.44. The van der Waals surface area contributed by atoms with Gasteiger partial charge in [-0.25, -0.2) is 0 Å². The van der Waals surface area contributed by atoms with E-state index in [1.54, 1.807) is 6.07 Å². The highest BCUT2D eigenvalue weighted by molar-refractivity contribution is 6.01. The molecule has 146 valence electrons. The number of hydrogen-bond acceptors (Lipinski definition) is 3. The van der Waals surface area contributed by atoms with Crippen molar-refractivity contribution in [3.05, 3.63) is 65.7 Å². The van der Waals surface area contributed by atoms with E-state index in [1.807, 2.05) is 53.4 Å². The molecule has 2 aliphatic heterocycles. The van der Waals surface area contributed by atoms with Crippen molar-refractivity contribution in [1.82, 2.24) is 4.90 Å². The lowest BCUT2D eigenvalue weighted by atomic mass is 9.73. The maximum Gasteiger partial charge on any atom is 0.253 e. The van der Waals surface area contributed by atoms with Gasteiger partial charge in [-0.2, -0.15) is 0 Å². The summed E-state index contributed by atoms with van der Waals surface area (Å²) in [6.07, 6.45) is 3.41. The van der Waals surface area contributed by atoms with Crippen LogP contribution < -0.4 is 5.32 Å². The first-order valence-corrected chi connectivity index (χ1v) is 10.0. The molecule has 2 aliphatic rings. The molecule has 0 bridgehead atoms. The minimum atomic E-state index is -0.603. The second kappa shape index (κ2) is 8.15. The number of anilines is 1. The molecule has 5 heteroatoms. The van der Waals surface area contributed by atoms with Gasteiger partial charge < -0.3 is 15.0 Å². The van der Waals surface area contributed by atoms with Gasteiger partial charge in [0.25, 0.3) is 5.91 Å². The third kappa shape index (κ3) is 3.67. The molecule has 0 unspecified atom stereocenters. The van der Waals surface area contributed by atoms with Crippen molar-refractivity contribution in [2.75, 3.05) is 31.6 Å². The standard InChI is InChI=1S/C23H26N2O3/c26-21(25-13-4-5-14-25)18-7-6-10-20(17-18)24-22(27)23(11-15-28-16-12-23)19-8-2-1-3-9-19/h1-3,6-10,17H,4-5,11-16H2,(H,24,27). The normalized spacial score (nSPS) is 18.6. The summed E-state index contributed by atoms with van der Waals surface area (Å²) in [5.74, 6) is 0.00482. The van der Waals surface area contributed by atoms with Crippen molar-refractivity contribution >= 4 is 17.5 Å². The Kier molecular flexibility index (Phi) is 5.44. The number of nitrogens with one attached hydrogen (secondary N) is 1. The lowest BCUT2D eigenvalue weighted by molar-refractivity contribution is -0.125. The maximum absolute atomic E-state index is 13.4. The fraction of sp³-hybridized carbons (Fsp3) is 0.391. The molecular weight excluding hydrogens is 352 g/mol. The van der Waals surface area contributed by atoms with Gasteiger partial charge in [-0.05, 0) is 49.4 Å². The Morgan fingerprint density at radius 1 is 0.929 bits per heavy atom. The number of likely N-dealkylation sites (tertiary alicyclic amines) is 1. The van der Waals surface area contributed by atoms with Crippen LogP contribution in [0.2, 0.25) is 0 Å². The second-order valence-corrected chi connectivity index (χ2v) is 7.59. The van der Waals surface area contributed by atoms with E-state index in [-0.39, 0.29) is 11.8 Å². The first-order valence-electron chi connectivity index (χ1n) is 10.0. The van der Waals surface area contributed by atoms with E-state index >= 15 is 0 Å². The molecule has 28 heavy (non-hydrogen) atoms. The van der Waals surface area contributed by atoms with Crippen molar-refractivity contribution < 1.29 is 14.3 Å². The molecule has 2 amide bonds. The average Bonchev–Trinajstić information content (AvgIpc) is 3.29. The quantitative estimate of drug-likeness (QED) is 0.884. The number of benzene rings is 2. The van der Waals surface area contributed by atoms with Crippen LogP contribution in [0.3, 0.4) is 0 Å². The Balaban J connectivity index is 1.56. The van der Waals surface area contributed by atoms with Crippen molar-refractivity contribution in [3.8, 4) is 0 Å². The summed E-state index contributed by atoms with van der Waals surface area (Å²) in [6.45, 7) is 2.75. The first kappa shape index (κ1) is 18.7. The Morgan fingerprint density at radius 2 is 1.64 bits per heavy atom. The lowest BCUT2D eigenvalue weighted by Gasteiger charge is -2.36. The summed E-state index contributed by atoms with van der Waals surface area (Å²) in [5.41, 5.74) is 1.70. The van der Waals surface area contributed by atoms with Crippen molar-refractivity contribution in [2.45, 2.75) is 31.1 Å². The van der Waals surface area contributed by atoms with Crippen molar-refractivity contribution in [1.29, 1.82) is 0 Å². The predicted octanol–water partition coefficient (Wildman–Crippen LogP) is 3.61. The van der Waals surface area contributed by atoms with E-state index in [0.29, 0.717) is 37.3 Å². The van der Waals surface area contributed by atoms with Gasteiger partial charge in [0.15, 0.2) is 0 Å². The van der Waals surface area contributed by atoms with Crippen LogP contribution in [-0.2, 0) is 14.9 Å². The number of carbonyl (C=O) groups excluding carboxylic acids is 2. The zero-order chi connectivity index (χ0) is 19.4. The third-order valence-electron chi connectivity index (χ3n) is 5.87. The molecule has 2 saturated heterocycles. The number of hydrogen-bond donors (Lipinski definition) is 1. The molecule has 4 rings (SSSR count). The van der Waals surface area contributed by atoms with Gasteiger partial charge in [0.05, 0.1) is 5.41 Å². The molecule has 5 nitrogen and oxygen atoms in total. The van der Waals surface area contributed by atoms with Gasteiger partial charge in [0, 0.05) is 37.6 Å². The highest BCUT2D eigenvalue weighted by Crippen LogP contribution is 2.36. The van der Waals surface area contributed by atoms with Crippen molar-refractivity contribution in [3.63, 3.8) is 0 Å². The zero-order valence-electron chi connectivity index (χ0n) is 16.0. The molecule has 2 aromatic rings. The van der Waals surface area contributed by atoms with E-state index in [4.69, 9.17) is 4.74 Å².